The highest BCUT2D eigenvalue weighted by atomic mass is 32.2. The van der Waals surface area contributed by atoms with E-state index in [1.807, 2.05) is 19.1 Å². The lowest BCUT2D eigenvalue weighted by Crippen LogP contribution is -2.12. The van der Waals surface area contributed by atoms with Gasteiger partial charge in [-0.3, -0.25) is 5.10 Å². The maximum absolute atomic E-state index is 8.53. The van der Waals surface area contributed by atoms with Crippen LogP contribution in [0.25, 0.3) is 0 Å². The molecule has 0 radical (unpaired) electrons. The molecule has 0 saturated carbocycles. The van der Waals surface area contributed by atoms with Crippen molar-refractivity contribution in [3.05, 3.63) is 35.7 Å². The Balaban J connectivity index is 2.13. The predicted octanol–water partition coefficient (Wildman–Crippen LogP) is 1.36. The number of H-pyrrole nitrogens is 1. The Hall–Kier alpha value is -2.02. The summed E-state index contributed by atoms with van der Waals surface area (Å²) in [7, 11) is 0. The largest absolute Gasteiger partial charge is 0.409 e. The second-order valence-electron chi connectivity index (χ2n) is 3.32. The van der Waals surface area contributed by atoms with Crippen LogP contribution in [0.3, 0.4) is 0 Å². The Kier molecular flexibility index (Phi) is 3.29. The van der Waals surface area contributed by atoms with Gasteiger partial charge in [0.05, 0.1) is 0 Å². The molecule has 0 aliphatic rings. The van der Waals surface area contributed by atoms with Gasteiger partial charge in [-0.15, -0.1) is 5.10 Å². The van der Waals surface area contributed by atoms with Crippen molar-refractivity contribution in [3.8, 4) is 0 Å². The van der Waals surface area contributed by atoms with Gasteiger partial charge in [-0.05, 0) is 30.8 Å². The fourth-order valence-electron chi connectivity index (χ4n) is 1.22. The number of amidine groups is 1. The molecule has 0 bridgehead atoms. The van der Waals surface area contributed by atoms with Crippen LogP contribution in [0.4, 0.5) is 0 Å². The van der Waals surface area contributed by atoms with Crippen LogP contribution in [0.2, 0.25) is 0 Å². The van der Waals surface area contributed by atoms with E-state index in [0.29, 0.717) is 10.7 Å². The Morgan fingerprint density at radius 2 is 2.12 bits per heavy atom. The molecule has 0 aliphatic carbocycles. The number of aromatic nitrogens is 3. The molecule has 17 heavy (non-hydrogen) atoms. The van der Waals surface area contributed by atoms with E-state index in [1.165, 1.54) is 11.8 Å². The molecule has 2 rings (SSSR count). The zero-order chi connectivity index (χ0) is 12.3. The molecule has 1 heterocycles. The van der Waals surface area contributed by atoms with E-state index in [9.17, 15) is 0 Å². The van der Waals surface area contributed by atoms with Crippen molar-refractivity contribution in [1.82, 2.24) is 15.2 Å². The minimum Gasteiger partial charge on any atom is -0.409 e. The lowest BCUT2D eigenvalue weighted by atomic mass is 10.2. The molecule has 0 spiro atoms. The number of nitrogens with two attached hydrogens (primary N) is 1. The molecular weight excluding hydrogens is 238 g/mol. The number of aryl methyl sites for hydroxylation is 1. The number of oxime groups is 1. The zero-order valence-electron chi connectivity index (χ0n) is 9.08. The fraction of sp³-hybridized carbons (Fsp3) is 0.100. The van der Waals surface area contributed by atoms with E-state index in [2.05, 4.69) is 20.3 Å². The summed E-state index contributed by atoms with van der Waals surface area (Å²) in [6.07, 6.45) is 0. The average Bonchev–Trinajstić information content (AvgIpc) is 2.75. The number of hydrogen-bond donors (Lipinski definition) is 3. The van der Waals surface area contributed by atoms with Gasteiger partial charge < -0.3 is 10.9 Å². The quantitative estimate of drug-likeness (QED) is 0.330. The molecule has 0 saturated heterocycles. The highest BCUT2D eigenvalue weighted by molar-refractivity contribution is 7.99. The Morgan fingerprint density at radius 3 is 2.65 bits per heavy atom. The van der Waals surface area contributed by atoms with Crippen molar-refractivity contribution in [2.24, 2.45) is 10.9 Å². The average molecular weight is 249 g/mol. The summed E-state index contributed by atoms with van der Waals surface area (Å²) >= 11 is 1.44. The Morgan fingerprint density at radius 1 is 1.41 bits per heavy atom. The van der Waals surface area contributed by atoms with Gasteiger partial charge in [0.15, 0.2) is 5.84 Å². The molecule has 88 valence electrons. The Bertz CT molecular complexity index is 534. The van der Waals surface area contributed by atoms with Gasteiger partial charge >= 0.3 is 0 Å². The standard InChI is InChI=1S/C10H11N5OS/c1-6-12-10(14-13-6)17-8-4-2-7(3-5-8)9(11)15-16/h2-5,16H,1H3,(H2,11,15)(H,12,13,14). The second kappa shape index (κ2) is 4.88. The van der Waals surface area contributed by atoms with Gasteiger partial charge in [-0.2, -0.15) is 0 Å². The molecule has 6 nitrogen and oxygen atoms in total. The van der Waals surface area contributed by atoms with Crippen LogP contribution in [-0.4, -0.2) is 26.2 Å². The maximum atomic E-state index is 8.53. The van der Waals surface area contributed by atoms with Crippen LogP contribution >= 0.6 is 11.8 Å². The predicted molar refractivity (Wildman–Crippen MR) is 64.2 cm³/mol. The lowest BCUT2D eigenvalue weighted by Gasteiger charge is -2.00. The summed E-state index contributed by atoms with van der Waals surface area (Å²) in [6.45, 7) is 1.85. The number of nitrogens with zero attached hydrogens (tertiary/aromatic N) is 3. The third kappa shape index (κ3) is 2.76. The smallest absolute Gasteiger partial charge is 0.213 e. The minimum absolute atomic E-state index is 0.0929. The molecule has 7 heteroatoms. The van der Waals surface area contributed by atoms with Crippen LogP contribution < -0.4 is 5.73 Å². The summed E-state index contributed by atoms with van der Waals surface area (Å²) in [6, 6.07) is 7.28. The maximum Gasteiger partial charge on any atom is 0.213 e. The monoisotopic (exact) mass is 249 g/mol. The number of rotatable bonds is 3. The van der Waals surface area contributed by atoms with Crippen molar-refractivity contribution < 1.29 is 5.21 Å². The van der Waals surface area contributed by atoms with Crippen molar-refractivity contribution in [3.63, 3.8) is 0 Å². The molecule has 0 fully saturated rings. The van der Waals surface area contributed by atoms with Gasteiger partial charge in [0.2, 0.25) is 5.16 Å². The van der Waals surface area contributed by atoms with Gasteiger partial charge in [-0.1, -0.05) is 17.3 Å². The molecule has 0 atom stereocenters. The first-order valence-electron chi connectivity index (χ1n) is 4.84. The van der Waals surface area contributed by atoms with E-state index < -0.39 is 0 Å². The summed E-state index contributed by atoms with van der Waals surface area (Å²) in [5.41, 5.74) is 6.13. The first kappa shape index (κ1) is 11.5. The molecule has 0 unspecified atom stereocenters. The van der Waals surface area contributed by atoms with Crippen molar-refractivity contribution in [1.29, 1.82) is 0 Å². The first-order valence-corrected chi connectivity index (χ1v) is 5.65. The molecule has 1 aromatic carbocycles. The van der Waals surface area contributed by atoms with E-state index in [4.69, 9.17) is 10.9 Å². The highest BCUT2D eigenvalue weighted by Gasteiger charge is 2.04. The van der Waals surface area contributed by atoms with Gasteiger partial charge in [-0.25, -0.2) is 4.98 Å². The van der Waals surface area contributed by atoms with Crippen LogP contribution in [0, 0.1) is 6.92 Å². The van der Waals surface area contributed by atoms with E-state index in [-0.39, 0.29) is 5.84 Å². The Labute approximate surface area is 102 Å². The van der Waals surface area contributed by atoms with Crippen molar-refractivity contribution in [2.45, 2.75) is 17.0 Å². The third-order valence-electron chi connectivity index (χ3n) is 2.04. The van der Waals surface area contributed by atoms with E-state index >= 15 is 0 Å². The molecular formula is C10H11N5OS. The van der Waals surface area contributed by atoms with Gasteiger partial charge in [0, 0.05) is 10.5 Å². The topological polar surface area (TPSA) is 100 Å². The summed E-state index contributed by atoms with van der Waals surface area (Å²) in [5.74, 6) is 0.871. The van der Waals surface area contributed by atoms with Crippen molar-refractivity contribution >= 4 is 17.6 Å². The molecule has 1 aromatic heterocycles. The molecule has 0 aliphatic heterocycles. The zero-order valence-corrected chi connectivity index (χ0v) is 9.90. The number of nitrogens with one attached hydrogen (secondary N) is 1. The van der Waals surface area contributed by atoms with Crippen molar-refractivity contribution in [2.75, 3.05) is 0 Å². The fourth-order valence-corrected chi connectivity index (χ4v) is 1.98. The van der Waals surface area contributed by atoms with Crippen LogP contribution in [0.5, 0.6) is 0 Å². The second-order valence-corrected chi connectivity index (χ2v) is 4.36. The van der Waals surface area contributed by atoms with Crippen LogP contribution in [-0.2, 0) is 0 Å². The van der Waals surface area contributed by atoms with Crippen LogP contribution in [0.15, 0.2) is 39.5 Å². The summed E-state index contributed by atoms with van der Waals surface area (Å²) in [4.78, 5) is 5.17. The minimum atomic E-state index is 0.0929. The van der Waals surface area contributed by atoms with E-state index in [0.717, 1.165) is 10.7 Å². The first-order chi connectivity index (χ1) is 8.19. The normalized spacial score (nSPS) is 11.7. The van der Waals surface area contributed by atoms with E-state index in [1.54, 1.807) is 12.1 Å². The summed E-state index contributed by atoms with van der Waals surface area (Å²) in [5, 5.41) is 18.9. The SMILES string of the molecule is Cc1nc(Sc2ccc(/C(N)=N/O)cc2)n[nH]1. The highest BCUT2D eigenvalue weighted by Crippen LogP contribution is 2.24. The molecule has 0 amide bonds. The molecule has 4 N–H and O–H groups in total. The van der Waals surface area contributed by atoms with Gasteiger partial charge in [0.25, 0.3) is 0 Å². The lowest BCUT2D eigenvalue weighted by molar-refractivity contribution is 0.318. The number of aromatic amines is 1. The molecule has 2 aromatic rings. The number of hydrogen-bond acceptors (Lipinski definition) is 5. The van der Waals surface area contributed by atoms with Crippen LogP contribution in [0.1, 0.15) is 11.4 Å². The third-order valence-corrected chi connectivity index (χ3v) is 2.92. The number of benzene rings is 1. The van der Waals surface area contributed by atoms with Gasteiger partial charge in [0.1, 0.15) is 5.82 Å². The summed E-state index contributed by atoms with van der Waals surface area (Å²) < 4.78 is 0.